The third kappa shape index (κ3) is 4.05. The summed E-state index contributed by atoms with van der Waals surface area (Å²) >= 11 is 0. The van der Waals surface area contributed by atoms with E-state index < -0.39 is 5.97 Å². The van der Waals surface area contributed by atoms with Gasteiger partial charge in [0.15, 0.2) is 12.3 Å². The molecule has 3 aromatic rings. The Morgan fingerprint density at radius 1 is 0.967 bits per heavy atom. The lowest BCUT2D eigenvalue weighted by molar-refractivity contribution is -0.134. The van der Waals surface area contributed by atoms with E-state index in [4.69, 9.17) is 9.47 Å². The van der Waals surface area contributed by atoms with Gasteiger partial charge in [-0.1, -0.05) is 36.4 Å². The molecule has 7 heteroatoms. The third-order valence-electron chi connectivity index (χ3n) is 5.25. The third-order valence-corrected chi connectivity index (χ3v) is 5.25. The molecular formula is C23H23N3O4. The van der Waals surface area contributed by atoms with Gasteiger partial charge in [-0.3, -0.25) is 4.79 Å². The largest absolute Gasteiger partial charge is 0.495 e. The molecule has 30 heavy (non-hydrogen) atoms. The lowest BCUT2D eigenvalue weighted by Crippen LogP contribution is -2.50. The molecule has 2 heterocycles. The van der Waals surface area contributed by atoms with Gasteiger partial charge < -0.3 is 19.3 Å². The Morgan fingerprint density at radius 2 is 1.70 bits per heavy atom. The molecule has 2 aromatic carbocycles. The number of rotatable bonds is 5. The van der Waals surface area contributed by atoms with Crippen molar-refractivity contribution in [1.82, 2.24) is 9.88 Å². The molecule has 4 rings (SSSR count). The second-order valence-corrected chi connectivity index (χ2v) is 7.00. The number of benzene rings is 2. The molecule has 0 unspecified atom stereocenters. The molecule has 0 aliphatic carbocycles. The summed E-state index contributed by atoms with van der Waals surface area (Å²) < 4.78 is 10.7. The number of amides is 1. The van der Waals surface area contributed by atoms with E-state index in [1.54, 1.807) is 18.2 Å². The molecule has 0 atom stereocenters. The zero-order valence-electron chi connectivity index (χ0n) is 16.8. The van der Waals surface area contributed by atoms with Crippen molar-refractivity contribution < 1.29 is 19.1 Å². The molecular weight excluding hydrogens is 382 g/mol. The highest BCUT2D eigenvalue weighted by atomic mass is 16.5. The van der Waals surface area contributed by atoms with Crippen LogP contribution in [-0.2, 0) is 9.53 Å². The quantitative estimate of drug-likeness (QED) is 0.608. The Morgan fingerprint density at radius 3 is 2.50 bits per heavy atom. The van der Waals surface area contributed by atoms with Gasteiger partial charge in [0.1, 0.15) is 5.75 Å². The first-order chi connectivity index (χ1) is 14.7. The van der Waals surface area contributed by atoms with Crippen molar-refractivity contribution in [3.05, 3.63) is 66.5 Å². The van der Waals surface area contributed by atoms with Crippen LogP contribution in [0.15, 0.2) is 60.8 Å². The Kier molecular flexibility index (Phi) is 5.79. The predicted octanol–water partition coefficient (Wildman–Crippen LogP) is 2.75. The Balaban J connectivity index is 1.33. The van der Waals surface area contributed by atoms with Gasteiger partial charge in [0.25, 0.3) is 5.91 Å². The molecule has 1 fully saturated rings. The number of fused-ring (bicyclic) bond motifs is 1. The summed E-state index contributed by atoms with van der Waals surface area (Å²) in [5.74, 6) is 0.0184. The molecule has 0 bridgehead atoms. The maximum atomic E-state index is 12.5. The smallest absolute Gasteiger partial charge is 0.358 e. The summed E-state index contributed by atoms with van der Waals surface area (Å²) in [5, 5.41) is 1.61. The summed E-state index contributed by atoms with van der Waals surface area (Å²) in [7, 11) is 1.65. The molecule has 1 aliphatic rings. The van der Waals surface area contributed by atoms with Gasteiger partial charge in [0.2, 0.25) is 0 Å². The van der Waals surface area contributed by atoms with Gasteiger partial charge in [0.05, 0.1) is 12.8 Å². The van der Waals surface area contributed by atoms with Gasteiger partial charge in [-0.25, -0.2) is 9.78 Å². The van der Waals surface area contributed by atoms with Crippen molar-refractivity contribution in [2.75, 3.05) is 44.8 Å². The molecule has 0 spiro atoms. The molecule has 1 aliphatic heterocycles. The average Bonchev–Trinajstić information content (AvgIpc) is 2.82. The first-order valence-corrected chi connectivity index (χ1v) is 9.84. The van der Waals surface area contributed by atoms with Crippen LogP contribution in [0.4, 0.5) is 5.69 Å². The fourth-order valence-electron chi connectivity index (χ4n) is 3.66. The molecule has 1 amide bonds. The first kappa shape index (κ1) is 19.7. The van der Waals surface area contributed by atoms with Crippen LogP contribution < -0.4 is 9.64 Å². The number of carbonyl (C=O) groups is 2. The van der Waals surface area contributed by atoms with E-state index in [1.165, 1.54) is 0 Å². The molecule has 154 valence electrons. The van der Waals surface area contributed by atoms with Gasteiger partial charge in [-0.15, -0.1) is 0 Å². The van der Waals surface area contributed by atoms with Gasteiger partial charge in [-0.05, 0) is 23.6 Å². The zero-order chi connectivity index (χ0) is 20.9. The van der Waals surface area contributed by atoms with Crippen molar-refractivity contribution in [3.8, 4) is 5.75 Å². The van der Waals surface area contributed by atoms with E-state index in [-0.39, 0.29) is 18.2 Å². The number of esters is 1. The number of aromatic nitrogens is 1. The SMILES string of the molecule is COc1ccccc1N1CCN(C(=O)COC(=O)c2nccc3ccccc23)CC1. The Labute approximate surface area is 174 Å². The van der Waals surface area contributed by atoms with Crippen LogP contribution in [0.2, 0.25) is 0 Å². The molecule has 1 saturated heterocycles. The normalized spacial score (nSPS) is 13.9. The van der Waals surface area contributed by atoms with Crippen molar-refractivity contribution in [1.29, 1.82) is 0 Å². The standard InChI is InChI=1S/C23H23N3O4/c1-29-20-9-5-4-8-19(20)25-12-14-26(15-13-25)21(27)16-30-23(28)22-18-7-3-2-6-17(18)10-11-24-22/h2-11H,12-16H2,1H3. The first-order valence-electron chi connectivity index (χ1n) is 9.84. The number of hydrogen-bond acceptors (Lipinski definition) is 6. The second kappa shape index (κ2) is 8.82. The van der Waals surface area contributed by atoms with Crippen LogP contribution in [-0.4, -0.2) is 61.7 Å². The van der Waals surface area contributed by atoms with Gasteiger partial charge in [-0.2, -0.15) is 0 Å². The predicted molar refractivity (Wildman–Crippen MR) is 114 cm³/mol. The fraction of sp³-hybridized carbons (Fsp3) is 0.261. The van der Waals surface area contributed by atoms with Gasteiger partial charge in [0, 0.05) is 37.8 Å². The minimum absolute atomic E-state index is 0.205. The van der Waals surface area contributed by atoms with Crippen LogP contribution in [0.1, 0.15) is 10.5 Å². The Hall–Kier alpha value is -3.61. The topological polar surface area (TPSA) is 72.0 Å². The lowest BCUT2D eigenvalue weighted by atomic mass is 10.1. The van der Waals surface area contributed by atoms with Crippen molar-refractivity contribution in [3.63, 3.8) is 0 Å². The number of nitrogens with zero attached hydrogens (tertiary/aromatic N) is 3. The number of hydrogen-bond donors (Lipinski definition) is 0. The van der Waals surface area contributed by atoms with Gasteiger partial charge >= 0.3 is 5.97 Å². The maximum Gasteiger partial charge on any atom is 0.358 e. The summed E-state index contributed by atoms with van der Waals surface area (Å²) in [6.07, 6.45) is 1.57. The highest BCUT2D eigenvalue weighted by molar-refractivity contribution is 6.03. The summed E-state index contributed by atoms with van der Waals surface area (Å²) in [4.78, 5) is 33.1. The van der Waals surface area contributed by atoms with E-state index in [0.29, 0.717) is 31.6 Å². The van der Waals surface area contributed by atoms with Crippen LogP contribution >= 0.6 is 0 Å². The summed E-state index contributed by atoms with van der Waals surface area (Å²) in [6.45, 7) is 2.19. The van der Waals surface area contributed by atoms with E-state index >= 15 is 0 Å². The lowest BCUT2D eigenvalue weighted by Gasteiger charge is -2.36. The molecule has 0 saturated carbocycles. The number of piperazine rings is 1. The molecule has 7 nitrogen and oxygen atoms in total. The number of para-hydroxylation sites is 2. The second-order valence-electron chi connectivity index (χ2n) is 7.00. The van der Waals surface area contributed by atoms with Crippen molar-refractivity contribution >= 4 is 28.3 Å². The molecule has 0 radical (unpaired) electrons. The summed E-state index contributed by atoms with van der Waals surface area (Å²) in [6, 6.07) is 17.1. The van der Waals surface area contributed by atoms with Crippen LogP contribution in [0, 0.1) is 0 Å². The average molecular weight is 405 g/mol. The number of pyridine rings is 1. The van der Waals surface area contributed by atoms with E-state index in [2.05, 4.69) is 9.88 Å². The van der Waals surface area contributed by atoms with Crippen molar-refractivity contribution in [2.24, 2.45) is 0 Å². The highest BCUT2D eigenvalue weighted by Crippen LogP contribution is 2.28. The minimum atomic E-state index is -0.590. The number of ether oxygens (including phenoxy) is 2. The zero-order valence-corrected chi connectivity index (χ0v) is 16.8. The molecule has 0 N–H and O–H groups in total. The Bertz CT molecular complexity index is 1060. The molecule has 1 aromatic heterocycles. The van der Waals surface area contributed by atoms with Crippen LogP contribution in [0.25, 0.3) is 10.8 Å². The van der Waals surface area contributed by atoms with E-state index in [9.17, 15) is 9.59 Å². The van der Waals surface area contributed by atoms with Crippen LogP contribution in [0.5, 0.6) is 5.75 Å². The van der Waals surface area contributed by atoms with Crippen molar-refractivity contribution in [2.45, 2.75) is 0 Å². The monoisotopic (exact) mass is 405 g/mol. The fourth-order valence-corrected chi connectivity index (χ4v) is 3.66. The maximum absolute atomic E-state index is 12.5. The van der Waals surface area contributed by atoms with E-state index in [0.717, 1.165) is 16.8 Å². The van der Waals surface area contributed by atoms with Crippen LogP contribution in [0.3, 0.4) is 0 Å². The minimum Gasteiger partial charge on any atom is -0.495 e. The highest BCUT2D eigenvalue weighted by Gasteiger charge is 2.24. The number of methoxy groups -OCH3 is 1. The van der Waals surface area contributed by atoms with E-state index in [1.807, 2.05) is 54.6 Å². The summed E-state index contributed by atoms with van der Waals surface area (Å²) in [5.41, 5.74) is 1.24. The number of carbonyl (C=O) groups excluding carboxylic acids is 2. The number of anilines is 1.